The van der Waals surface area contributed by atoms with Gasteiger partial charge in [0.05, 0.1) is 13.2 Å². The van der Waals surface area contributed by atoms with E-state index in [1.807, 2.05) is 0 Å². The zero-order valence-electron chi connectivity index (χ0n) is 14.6. The Morgan fingerprint density at radius 2 is 1.80 bits per heavy atom. The van der Waals surface area contributed by atoms with Crippen molar-refractivity contribution in [1.29, 1.82) is 0 Å². The molecule has 138 valence electrons. The van der Waals surface area contributed by atoms with Crippen molar-refractivity contribution in [3.05, 3.63) is 35.6 Å². The summed E-state index contributed by atoms with van der Waals surface area (Å²) in [6.07, 6.45) is -0.420. The maximum atomic E-state index is 13.2. The van der Waals surface area contributed by atoms with Crippen LogP contribution in [-0.2, 0) is 14.2 Å². The van der Waals surface area contributed by atoms with Crippen LogP contribution < -0.4 is 0 Å². The maximum absolute atomic E-state index is 13.2. The second kappa shape index (κ2) is 9.25. The standard InChI is InChI=1S/C18H24FNO5/c1-3-23-17(21)20-10-9-16(13-5-7-15(19)8-6-13)14(11-20)12-25-18(22)24-4-2/h5-8,14,16H,3-4,9-12H2,1-2H3/t14-,16-/m0/s1. The number of likely N-dealkylation sites (tertiary alicyclic amines) is 1. The number of amides is 1. The van der Waals surface area contributed by atoms with Gasteiger partial charge in [-0.3, -0.25) is 0 Å². The molecule has 0 saturated carbocycles. The highest BCUT2D eigenvalue weighted by Gasteiger charge is 2.34. The monoisotopic (exact) mass is 353 g/mol. The fourth-order valence-electron chi connectivity index (χ4n) is 3.07. The van der Waals surface area contributed by atoms with Crippen molar-refractivity contribution in [2.45, 2.75) is 26.2 Å². The lowest BCUT2D eigenvalue weighted by Crippen LogP contribution is -2.45. The van der Waals surface area contributed by atoms with Crippen molar-refractivity contribution >= 4 is 12.2 Å². The normalized spacial score (nSPS) is 20.0. The van der Waals surface area contributed by atoms with Crippen LogP contribution in [-0.4, -0.2) is 50.1 Å². The molecule has 0 unspecified atom stereocenters. The highest BCUT2D eigenvalue weighted by molar-refractivity contribution is 5.67. The number of carbonyl (C=O) groups excluding carboxylic acids is 2. The van der Waals surface area contributed by atoms with E-state index in [9.17, 15) is 14.0 Å². The van der Waals surface area contributed by atoms with E-state index in [1.54, 1.807) is 30.9 Å². The number of piperidine rings is 1. The molecule has 1 aromatic rings. The van der Waals surface area contributed by atoms with Gasteiger partial charge in [0.2, 0.25) is 0 Å². The Morgan fingerprint density at radius 3 is 2.44 bits per heavy atom. The Balaban J connectivity index is 2.09. The third-order valence-corrected chi connectivity index (χ3v) is 4.24. The number of hydrogen-bond donors (Lipinski definition) is 0. The number of hydrogen-bond acceptors (Lipinski definition) is 5. The van der Waals surface area contributed by atoms with Gasteiger partial charge in [0, 0.05) is 19.0 Å². The third kappa shape index (κ3) is 5.34. The Kier molecular flexibility index (Phi) is 7.03. The maximum Gasteiger partial charge on any atom is 0.508 e. The predicted octanol–water partition coefficient (Wildman–Crippen LogP) is 3.56. The molecule has 0 radical (unpaired) electrons. The number of halogens is 1. The van der Waals surface area contributed by atoms with E-state index >= 15 is 0 Å². The molecule has 1 aliphatic heterocycles. The van der Waals surface area contributed by atoms with E-state index in [4.69, 9.17) is 14.2 Å². The van der Waals surface area contributed by atoms with Gasteiger partial charge in [-0.1, -0.05) is 12.1 Å². The molecule has 7 heteroatoms. The average Bonchev–Trinajstić information content (AvgIpc) is 2.61. The van der Waals surface area contributed by atoms with Gasteiger partial charge in [0.25, 0.3) is 0 Å². The quantitative estimate of drug-likeness (QED) is 0.757. The molecule has 0 aromatic heterocycles. The molecular weight excluding hydrogens is 329 g/mol. The summed E-state index contributed by atoms with van der Waals surface area (Å²) in [5.41, 5.74) is 0.961. The van der Waals surface area contributed by atoms with Crippen molar-refractivity contribution in [2.24, 2.45) is 5.92 Å². The van der Waals surface area contributed by atoms with Crippen LogP contribution in [0, 0.1) is 11.7 Å². The highest BCUT2D eigenvalue weighted by Crippen LogP contribution is 2.33. The first kappa shape index (κ1) is 19.0. The minimum atomic E-state index is -0.728. The summed E-state index contributed by atoms with van der Waals surface area (Å²) in [6.45, 7) is 5.06. The Morgan fingerprint density at radius 1 is 1.12 bits per heavy atom. The molecule has 2 atom stereocenters. The summed E-state index contributed by atoms with van der Waals surface area (Å²) in [5, 5.41) is 0. The van der Waals surface area contributed by atoms with Crippen LogP contribution in [0.1, 0.15) is 31.7 Å². The van der Waals surface area contributed by atoms with E-state index in [2.05, 4.69) is 0 Å². The second-order valence-corrected chi connectivity index (χ2v) is 5.85. The zero-order valence-corrected chi connectivity index (χ0v) is 14.6. The minimum Gasteiger partial charge on any atom is -0.450 e. The second-order valence-electron chi connectivity index (χ2n) is 5.85. The molecule has 2 rings (SSSR count). The summed E-state index contributed by atoms with van der Waals surface area (Å²) >= 11 is 0. The van der Waals surface area contributed by atoms with Crippen LogP contribution in [0.25, 0.3) is 0 Å². The molecule has 0 spiro atoms. The molecule has 25 heavy (non-hydrogen) atoms. The van der Waals surface area contributed by atoms with E-state index in [0.29, 0.717) is 26.1 Å². The Hall–Kier alpha value is -2.31. The predicted molar refractivity (Wildman–Crippen MR) is 88.8 cm³/mol. The molecule has 1 saturated heterocycles. The summed E-state index contributed by atoms with van der Waals surface area (Å²) < 4.78 is 28.2. The van der Waals surface area contributed by atoms with Crippen molar-refractivity contribution in [3.63, 3.8) is 0 Å². The van der Waals surface area contributed by atoms with Crippen LogP contribution >= 0.6 is 0 Å². The summed E-state index contributed by atoms with van der Waals surface area (Å²) in [5.74, 6) is -0.360. The molecule has 1 aromatic carbocycles. The molecule has 1 amide bonds. The molecule has 0 aliphatic carbocycles. The fourth-order valence-corrected chi connectivity index (χ4v) is 3.07. The van der Waals surface area contributed by atoms with Gasteiger partial charge >= 0.3 is 12.2 Å². The van der Waals surface area contributed by atoms with E-state index in [-0.39, 0.29) is 37.0 Å². The van der Waals surface area contributed by atoms with Gasteiger partial charge in [-0.2, -0.15) is 0 Å². The summed E-state index contributed by atoms with van der Waals surface area (Å²) in [6, 6.07) is 6.29. The Bertz CT molecular complexity index is 577. The lowest BCUT2D eigenvalue weighted by atomic mass is 9.81. The first-order chi connectivity index (χ1) is 12.0. The van der Waals surface area contributed by atoms with Crippen LogP contribution in [0.15, 0.2) is 24.3 Å². The highest BCUT2D eigenvalue weighted by atomic mass is 19.1. The zero-order chi connectivity index (χ0) is 18.2. The lowest BCUT2D eigenvalue weighted by Gasteiger charge is -2.37. The van der Waals surface area contributed by atoms with Crippen LogP contribution in [0.4, 0.5) is 14.0 Å². The van der Waals surface area contributed by atoms with E-state index < -0.39 is 6.16 Å². The van der Waals surface area contributed by atoms with Crippen molar-refractivity contribution < 1.29 is 28.2 Å². The van der Waals surface area contributed by atoms with E-state index in [0.717, 1.165) is 5.56 Å². The minimum absolute atomic E-state index is 0.0562. The molecule has 0 bridgehead atoms. The van der Waals surface area contributed by atoms with Gasteiger partial charge in [-0.15, -0.1) is 0 Å². The van der Waals surface area contributed by atoms with E-state index in [1.165, 1.54) is 12.1 Å². The SMILES string of the molecule is CCOC(=O)OC[C@@H]1CN(C(=O)OCC)CC[C@H]1c1ccc(F)cc1. The van der Waals surface area contributed by atoms with Gasteiger partial charge in [0.1, 0.15) is 12.4 Å². The molecule has 1 aliphatic rings. The first-order valence-corrected chi connectivity index (χ1v) is 8.51. The largest absolute Gasteiger partial charge is 0.508 e. The smallest absolute Gasteiger partial charge is 0.450 e. The van der Waals surface area contributed by atoms with Crippen molar-refractivity contribution in [3.8, 4) is 0 Å². The first-order valence-electron chi connectivity index (χ1n) is 8.51. The van der Waals surface area contributed by atoms with Crippen LogP contribution in [0.3, 0.4) is 0 Å². The molecule has 1 fully saturated rings. The van der Waals surface area contributed by atoms with Gasteiger partial charge in [0.15, 0.2) is 0 Å². The van der Waals surface area contributed by atoms with Crippen molar-refractivity contribution in [1.82, 2.24) is 4.90 Å². The van der Waals surface area contributed by atoms with Gasteiger partial charge in [-0.25, -0.2) is 14.0 Å². The number of rotatable bonds is 5. The van der Waals surface area contributed by atoms with Crippen molar-refractivity contribution in [2.75, 3.05) is 32.9 Å². The third-order valence-electron chi connectivity index (χ3n) is 4.24. The molecule has 0 N–H and O–H groups in total. The Labute approximate surface area is 146 Å². The number of carbonyl (C=O) groups is 2. The van der Waals surface area contributed by atoms with Gasteiger partial charge < -0.3 is 19.1 Å². The van der Waals surface area contributed by atoms with Gasteiger partial charge in [-0.05, 0) is 43.9 Å². The summed E-state index contributed by atoms with van der Waals surface area (Å²) in [4.78, 5) is 25.1. The van der Waals surface area contributed by atoms with Crippen LogP contribution in [0.2, 0.25) is 0 Å². The fraction of sp³-hybridized carbons (Fsp3) is 0.556. The topological polar surface area (TPSA) is 65.1 Å². The summed E-state index contributed by atoms with van der Waals surface area (Å²) in [7, 11) is 0. The number of ether oxygens (including phenoxy) is 3. The lowest BCUT2D eigenvalue weighted by molar-refractivity contribution is 0.0268. The molecular formula is C18H24FNO5. The number of benzene rings is 1. The average molecular weight is 353 g/mol. The number of nitrogens with zero attached hydrogens (tertiary/aromatic N) is 1. The molecule has 1 heterocycles. The molecule has 6 nitrogen and oxygen atoms in total. The van der Waals surface area contributed by atoms with Crippen LogP contribution in [0.5, 0.6) is 0 Å².